The summed E-state index contributed by atoms with van der Waals surface area (Å²) in [4.78, 5) is 16.6. The Kier molecular flexibility index (Phi) is 5.54. The summed E-state index contributed by atoms with van der Waals surface area (Å²) in [5, 5.41) is 2.80. The van der Waals surface area contributed by atoms with E-state index in [0.29, 0.717) is 23.9 Å². The first kappa shape index (κ1) is 19.0. The molecule has 3 rings (SSSR count). The third-order valence-corrected chi connectivity index (χ3v) is 4.70. The number of hydrogen-bond donors (Lipinski definition) is 1. The predicted octanol–water partition coefficient (Wildman–Crippen LogP) is 4.86. The van der Waals surface area contributed by atoms with Gasteiger partial charge in [-0.3, -0.25) is 9.36 Å². The van der Waals surface area contributed by atoms with Gasteiger partial charge < -0.3 is 5.32 Å². The number of fused-ring (bicyclic) bond motifs is 1. The molecule has 2 aromatic carbocycles. The van der Waals surface area contributed by atoms with Crippen molar-refractivity contribution in [3.8, 4) is 0 Å². The average molecular weight is 371 g/mol. The van der Waals surface area contributed by atoms with E-state index in [2.05, 4.69) is 16.4 Å². The van der Waals surface area contributed by atoms with E-state index >= 15 is 0 Å². The first-order valence-electron chi connectivity index (χ1n) is 8.97. The molecule has 3 aromatic rings. The number of benzene rings is 2. The summed E-state index contributed by atoms with van der Waals surface area (Å²) in [5.74, 6) is -0.0265. The van der Waals surface area contributed by atoms with Crippen molar-refractivity contribution in [3.63, 3.8) is 0 Å². The fourth-order valence-electron chi connectivity index (χ4n) is 3.33. The van der Waals surface area contributed by atoms with Crippen LogP contribution in [-0.2, 0) is 11.2 Å². The lowest BCUT2D eigenvalue weighted by Crippen LogP contribution is -2.29. The van der Waals surface area contributed by atoms with Crippen LogP contribution >= 0.6 is 0 Å². The van der Waals surface area contributed by atoms with Crippen molar-refractivity contribution in [1.29, 1.82) is 0 Å². The van der Waals surface area contributed by atoms with Crippen molar-refractivity contribution in [2.45, 2.75) is 46.2 Å². The van der Waals surface area contributed by atoms with E-state index in [1.807, 2.05) is 26.0 Å². The number of alkyl halides is 2. The summed E-state index contributed by atoms with van der Waals surface area (Å²) in [6.07, 6.45) is 0.902. The Hall–Kier alpha value is -2.76. The van der Waals surface area contributed by atoms with Crippen LogP contribution in [0.15, 0.2) is 42.5 Å². The van der Waals surface area contributed by atoms with Crippen LogP contribution < -0.4 is 5.32 Å². The minimum Gasteiger partial charge on any atom is -0.346 e. The van der Waals surface area contributed by atoms with E-state index in [9.17, 15) is 13.6 Å². The Morgan fingerprint density at radius 3 is 2.63 bits per heavy atom. The van der Waals surface area contributed by atoms with Gasteiger partial charge in [0.2, 0.25) is 5.91 Å². The minimum absolute atomic E-state index is 0.158. The molecule has 0 saturated heterocycles. The smallest absolute Gasteiger partial charge is 0.320 e. The molecule has 0 aliphatic carbocycles. The van der Waals surface area contributed by atoms with Crippen molar-refractivity contribution < 1.29 is 13.6 Å². The van der Waals surface area contributed by atoms with Crippen molar-refractivity contribution in [3.05, 3.63) is 65.0 Å². The van der Waals surface area contributed by atoms with Gasteiger partial charge in [0.25, 0.3) is 0 Å². The second-order valence-electron chi connectivity index (χ2n) is 6.83. The summed E-state index contributed by atoms with van der Waals surface area (Å²) < 4.78 is 28.0. The fraction of sp³-hybridized carbons (Fsp3) is 0.333. The highest BCUT2D eigenvalue weighted by Crippen LogP contribution is 2.26. The van der Waals surface area contributed by atoms with Crippen molar-refractivity contribution >= 4 is 16.9 Å². The monoisotopic (exact) mass is 371 g/mol. The number of carbonyl (C=O) groups is 1. The van der Waals surface area contributed by atoms with Crippen molar-refractivity contribution in [1.82, 2.24) is 14.9 Å². The highest BCUT2D eigenvalue weighted by molar-refractivity contribution is 5.78. The van der Waals surface area contributed by atoms with Crippen LogP contribution in [0.5, 0.6) is 0 Å². The zero-order valence-corrected chi connectivity index (χ0v) is 15.7. The largest absolute Gasteiger partial charge is 0.346 e. The lowest BCUT2D eigenvalue weighted by Gasteiger charge is -2.16. The molecule has 1 unspecified atom stereocenters. The fourth-order valence-corrected chi connectivity index (χ4v) is 3.33. The lowest BCUT2D eigenvalue weighted by atomic mass is 10.0. The Labute approximate surface area is 157 Å². The van der Waals surface area contributed by atoms with E-state index in [0.717, 1.165) is 15.7 Å². The van der Waals surface area contributed by atoms with Gasteiger partial charge in [0.15, 0.2) is 0 Å². The molecule has 0 radical (unpaired) electrons. The molecule has 142 valence electrons. The molecule has 1 aromatic heterocycles. The summed E-state index contributed by atoms with van der Waals surface area (Å²) >= 11 is 0. The van der Waals surface area contributed by atoms with E-state index < -0.39 is 12.6 Å². The molecule has 0 fully saturated rings. The van der Waals surface area contributed by atoms with Gasteiger partial charge in [-0.2, -0.15) is 8.78 Å². The van der Waals surface area contributed by atoms with Gasteiger partial charge in [0.1, 0.15) is 5.82 Å². The molecule has 6 heteroatoms. The standard InChI is InChI=1S/C21H23F2N3O/c1-13-8-9-16(14(2)12-13)10-11-19(27)24-15(3)20-25-17-6-4-5-7-18(17)26(20)21(22)23/h4-9,12,15,21H,10-11H2,1-3H3,(H,24,27). The molecule has 1 heterocycles. The molecule has 0 bridgehead atoms. The van der Waals surface area contributed by atoms with Gasteiger partial charge in [-0.1, -0.05) is 35.9 Å². The molecular formula is C21H23F2N3O. The van der Waals surface area contributed by atoms with Gasteiger partial charge in [-0.15, -0.1) is 0 Å². The molecule has 0 saturated carbocycles. The first-order valence-corrected chi connectivity index (χ1v) is 8.97. The van der Waals surface area contributed by atoms with Crippen LogP contribution in [0.1, 0.15) is 48.5 Å². The Balaban J connectivity index is 1.71. The first-order chi connectivity index (χ1) is 12.9. The number of para-hydroxylation sites is 2. The molecule has 1 atom stereocenters. The minimum atomic E-state index is -2.72. The number of imidazole rings is 1. The third kappa shape index (κ3) is 4.15. The Bertz CT molecular complexity index is 965. The normalized spacial score (nSPS) is 12.5. The second-order valence-corrected chi connectivity index (χ2v) is 6.83. The molecule has 4 nitrogen and oxygen atoms in total. The van der Waals surface area contributed by atoms with Gasteiger partial charge in [-0.25, -0.2) is 4.98 Å². The van der Waals surface area contributed by atoms with Crippen LogP contribution in [0.2, 0.25) is 0 Å². The number of carbonyl (C=O) groups excluding carboxylic acids is 1. The Morgan fingerprint density at radius 2 is 1.93 bits per heavy atom. The van der Waals surface area contributed by atoms with Crippen LogP contribution in [0, 0.1) is 13.8 Å². The van der Waals surface area contributed by atoms with Crippen molar-refractivity contribution in [2.75, 3.05) is 0 Å². The Morgan fingerprint density at radius 1 is 1.19 bits per heavy atom. The maximum absolute atomic E-state index is 13.5. The summed E-state index contributed by atoms with van der Waals surface area (Å²) in [6.45, 7) is 3.01. The van der Waals surface area contributed by atoms with E-state index in [1.54, 1.807) is 31.2 Å². The zero-order chi connectivity index (χ0) is 19.6. The van der Waals surface area contributed by atoms with Crippen molar-refractivity contribution in [2.24, 2.45) is 0 Å². The number of hydrogen-bond acceptors (Lipinski definition) is 2. The molecular weight excluding hydrogens is 348 g/mol. The molecule has 0 aliphatic heterocycles. The number of aromatic nitrogens is 2. The van der Waals surface area contributed by atoms with Crippen LogP contribution in [0.25, 0.3) is 11.0 Å². The quantitative estimate of drug-likeness (QED) is 0.673. The number of amides is 1. The summed E-state index contributed by atoms with van der Waals surface area (Å²) in [6, 6.07) is 12.3. The van der Waals surface area contributed by atoms with Crippen LogP contribution in [0.4, 0.5) is 8.78 Å². The van der Waals surface area contributed by atoms with Crippen LogP contribution in [0.3, 0.4) is 0 Å². The van der Waals surface area contributed by atoms with Gasteiger partial charge in [0.05, 0.1) is 17.1 Å². The third-order valence-electron chi connectivity index (χ3n) is 4.70. The summed E-state index contributed by atoms with van der Waals surface area (Å²) in [5.41, 5.74) is 4.29. The number of rotatable bonds is 6. The molecule has 1 N–H and O–H groups in total. The van der Waals surface area contributed by atoms with Gasteiger partial charge in [-0.05, 0) is 50.5 Å². The van der Waals surface area contributed by atoms with E-state index in [-0.39, 0.29) is 11.7 Å². The summed E-state index contributed by atoms with van der Waals surface area (Å²) in [7, 11) is 0. The predicted molar refractivity (Wildman–Crippen MR) is 102 cm³/mol. The molecule has 27 heavy (non-hydrogen) atoms. The van der Waals surface area contributed by atoms with E-state index in [1.165, 1.54) is 5.56 Å². The second kappa shape index (κ2) is 7.86. The number of nitrogens with one attached hydrogen (secondary N) is 1. The SMILES string of the molecule is Cc1ccc(CCC(=O)NC(C)c2nc3ccccc3n2C(F)F)c(C)c1. The van der Waals surface area contributed by atoms with Gasteiger partial charge in [0, 0.05) is 6.42 Å². The highest BCUT2D eigenvalue weighted by atomic mass is 19.3. The topological polar surface area (TPSA) is 46.9 Å². The zero-order valence-electron chi connectivity index (χ0n) is 15.7. The number of halogens is 2. The van der Waals surface area contributed by atoms with Crippen LogP contribution in [-0.4, -0.2) is 15.5 Å². The number of nitrogens with zero attached hydrogens (tertiary/aromatic N) is 2. The highest BCUT2D eigenvalue weighted by Gasteiger charge is 2.22. The molecule has 0 aliphatic rings. The lowest BCUT2D eigenvalue weighted by molar-refractivity contribution is -0.121. The maximum Gasteiger partial charge on any atom is 0.320 e. The molecule has 1 amide bonds. The molecule has 0 spiro atoms. The average Bonchev–Trinajstić information content (AvgIpc) is 3.01. The maximum atomic E-state index is 13.5. The van der Waals surface area contributed by atoms with Gasteiger partial charge >= 0.3 is 6.55 Å². The number of aryl methyl sites for hydroxylation is 3. The van der Waals surface area contributed by atoms with E-state index in [4.69, 9.17) is 0 Å².